The molecular weight excluding hydrogens is 452 g/mol. The predicted molar refractivity (Wildman–Crippen MR) is 119 cm³/mol. The number of pyridine rings is 1. The molecule has 4 rings (SSSR count). The van der Waals surface area contributed by atoms with Crippen LogP contribution in [0.15, 0.2) is 53.9 Å². The summed E-state index contributed by atoms with van der Waals surface area (Å²) in [5, 5.41) is 10.3. The summed E-state index contributed by atoms with van der Waals surface area (Å²) >= 11 is 0. The Morgan fingerprint density at radius 1 is 1.18 bits per heavy atom. The number of aryl methyl sites for hydroxylation is 1. The Labute approximate surface area is 188 Å². The van der Waals surface area contributed by atoms with Crippen LogP contribution < -0.4 is 5.73 Å². The van der Waals surface area contributed by atoms with E-state index in [0.717, 1.165) is 18.7 Å². The molecule has 4 aromatic rings. The van der Waals surface area contributed by atoms with E-state index >= 15 is 0 Å². The van der Waals surface area contributed by atoms with Gasteiger partial charge in [0.15, 0.2) is 21.3 Å². The summed E-state index contributed by atoms with van der Waals surface area (Å²) in [5.41, 5.74) is 6.84. The molecule has 1 aromatic carbocycles. The molecule has 0 bridgehead atoms. The van der Waals surface area contributed by atoms with E-state index < -0.39 is 21.9 Å². The van der Waals surface area contributed by atoms with Crippen LogP contribution in [0.2, 0.25) is 0 Å². The number of nitrogen functional groups attached to an aromatic ring is 1. The molecule has 0 saturated heterocycles. The summed E-state index contributed by atoms with van der Waals surface area (Å²) in [4.78, 5) is 12.7. The van der Waals surface area contributed by atoms with Gasteiger partial charge in [0, 0.05) is 36.0 Å². The second-order valence-electron chi connectivity index (χ2n) is 8.01. The average molecular weight is 474 g/mol. The zero-order valence-corrected chi connectivity index (χ0v) is 18.8. The van der Waals surface area contributed by atoms with Crippen LogP contribution in [-0.2, 0) is 15.4 Å². The van der Waals surface area contributed by atoms with Crippen molar-refractivity contribution in [2.45, 2.75) is 30.8 Å². The Kier molecular flexibility index (Phi) is 5.41. The van der Waals surface area contributed by atoms with Crippen LogP contribution in [0.3, 0.4) is 0 Å². The lowest BCUT2D eigenvalue weighted by Crippen LogP contribution is -2.30. The molecule has 0 spiro atoms. The van der Waals surface area contributed by atoms with Crippen LogP contribution in [0, 0.1) is 6.92 Å². The van der Waals surface area contributed by atoms with Crippen LogP contribution in [0.4, 0.5) is 14.6 Å². The van der Waals surface area contributed by atoms with Crippen LogP contribution in [0.1, 0.15) is 18.1 Å². The molecule has 3 aromatic heterocycles. The zero-order valence-electron chi connectivity index (χ0n) is 18.0. The molecule has 0 saturated carbocycles. The second kappa shape index (κ2) is 7.85. The highest BCUT2D eigenvalue weighted by atomic mass is 32.2. The number of rotatable bonds is 5. The van der Waals surface area contributed by atoms with Crippen LogP contribution in [0.5, 0.6) is 0 Å². The molecule has 11 heteroatoms. The SMILES string of the molecule is Cc1ccc(C(C)(O)C(F)F)cc1-c1cnc2c(N)nc(-c3cncc(S(C)(=O)=O)c3)cn12. The summed E-state index contributed by atoms with van der Waals surface area (Å²) < 4.78 is 52.3. The summed E-state index contributed by atoms with van der Waals surface area (Å²) in [6.45, 7) is 2.86. The lowest BCUT2D eigenvalue weighted by molar-refractivity contribution is -0.0883. The number of fused-ring (bicyclic) bond motifs is 1. The molecule has 1 unspecified atom stereocenters. The number of aliphatic hydroxyl groups is 1. The lowest BCUT2D eigenvalue weighted by atomic mass is 9.92. The first-order valence-corrected chi connectivity index (χ1v) is 11.7. The molecule has 0 aliphatic heterocycles. The number of benzene rings is 1. The number of sulfone groups is 1. The minimum Gasteiger partial charge on any atom is -0.381 e. The fourth-order valence-corrected chi connectivity index (χ4v) is 4.04. The molecule has 0 aliphatic carbocycles. The summed E-state index contributed by atoms with van der Waals surface area (Å²) in [5.74, 6) is 0.0943. The maximum atomic E-state index is 13.4. The van der Waals surface area contributed by atoms with Gasteiger partial charge in [0.25, 0.3) is 6.43 Å². The third-order valence-electron chi connectivity index (χ3n) is 5.48. The van der Waals surface area contributed by atoms with Gasteiger partial charge in [-0.3, -0.25) is 9.38 Å². The molecule has 8 nitrogen and oxygen atoms in total. The highest BCUT2D eigenvalue weighted by Gasteiger charge is 2.34. The highest BCUT2D eigenvalue weighted by Crippen LogP contribution is 2.34. The minimum absolute atomic E-state index is 0.0316. The number of hydrogen-bond acceptors (Lipinski definition) is 7. The lowest BCUT2D eigenvalue weighted by Gasteiger charge is -2.23. The van der Waals surface area contributed by atoms with E-state index in [9.17, 15) is 22.3 Å². The number of hydrogen-bond donors (Lipinski definition) is 2. The molecular formula is C22H21F2N5O3S. The van der Waals surface area contributed by atoms with Gasteiger partial charge in [-0.1, -0.05) is 12.1 Å². The third kappa shape index (κ3) is 4.05. The highest BCUT2D eigenvalue weighted by molar-refractivity contribution is 7.90. The largest absolute Gasteiger partial charge is 0.381 e. The van der Waals surface area contributed by atoms with E-state index in [4.69, 9.17) is 5.73 Å². The Morgan fingerprint density at radius 2 is 1.91 bits per heavy atom. The smallest absolute Gasteiger partial charge is 0.270 e. The Hall–Kier alpha value is -3.44. The monoisotopic (exact) mass is 473 g/mol. The molecule has 0 aliphatic rings. The van der Waals surface area contributed by atoms with Crippen molar-refractivity contribution in [2.24, 2.45) is 0 Å². The van der Waals surface area contributed by atoms with E-state index in [1.165, 1.54) is 36.8 Å². The molecule has 172 valence electrons. The summed E-state index contributed by atoms with van der Waals surface area (Å²) in [6, 6.07) is 6.04. The van der Waals surface area contributed by atoms with E-state index in [2.05, 4.69) is 15.0 Å². The summed E-state index contributed by atoms with van der Waals surface area (Å²) in [6.07, 6.45) is 3.96. The molecule has 0 amide bonds. The van der Waals surface area contributed by atoms with Gasteiger partial charge < -0.3 is 10.8 Å². The van der Waals surface area contributed by atoms with Crippen LogP contribution in [0.25, 0.3) is 28.2 Å². The Balaban J connectivity index is 1.92. The second-order valence-corrected chi connectivity index (χ2v) is 10.0. The number of nitrogens with two attached hydrogens (primary N) is 1. The van der Waals surface area contributed by atoms with Gasteiger partial charge in [-0.15, -0.1) is 0 Å². The van der Waals surface area contributed by atoms with Crippen molar-refractivity contribution >= 4 is 21.3 Å². The summed E-state index contributed by atoms with van der Waals surface area (Å²) in [7, 11) is -3.48. The number of nitrogens with zero attached hydrogens (tertiary/aromatic N) is 4. The minimum atomic E-state index is -3.48. The first-order chi connectivity index (χ1) is 15.4. The number of alkyl halides is 2. The number of aromatic nitrogens is 4. The van der Waals surface area contributed by atoms with Gasteiger partial charge >= 0.3 is 0 Å². The quantitative estimate of drug-likeness (QED) is 0.456. The van der Waals surface area contributed by atoms with Crippen molar-refractivity contribution < 1.29 is 22.3 Å². The topological polar surface area (TPSA) is 123 Å². The fourth-order valence-electron chi connectivity index (χ4n) is 3.45. The van der Waals surface area contributed by atoms with Crippen molar-refractivity contribution in [3.05, 3.63) is 60.2 Å². The fraction of sp³-hybridized carbons (Fsp3) is 0.227. The maximum Gasteiger partial charge on any atom is 0.270 e. The maximum absolute atomic E-state index is 13.4. The molecule has 1 atom stereocenters. The molecule has 3 N–H and O–H groups in total. The predicted octanol–water partition coefficient (Wildman–Crippen LogP) is 3.23. The van der Waals surface area contributed by atoms with Crippen molar-refractivity contribution in [1.82, 2.24) is 19.4 Å². The van der Waals surface area contributed by atoms with Gasteiger partial charge in [-0.2, -0.15) is 0 Å². The van der Waals surface area contributed by atoms with Crippen LogP contribution >= 0.6 is 0 Å². The van der Waals surface area contributed by atoms with Crippen molar-refractivity contribution in [3.8, 4) is 22.5 Å². The molecule has 0 radical (unpaired) electrons. The number of halogens is 2. The number of anilines is 1. The average Bonchev–Trinajstić information content (AvgIpc) is 3.17. The van der Waals surface area contributed by atoms with Gasteiger partial charge in [0.1, 0.15) is 5.60 Å². The van der Waals surface area contributed by atoms with Gasteiger partial charge in [-0.05, 0) is 37.1 Å². The van der Waals surface area contributed by atoms with Gasteiger partial charge in [0.2, 0.25) is 0 Å². The normalized spacial score (nSPS) is 14.0. The molecule has 33 heavy (non-hydrogen) atoms. The van der Waals surface area contributed by atoms with Gasteiger partial charge in [0.05, 0.1) is 22.5 Å². The standard InChI is InChI=1S/C22H21F2N5O3S/c1-12-4-5-14(22(2,30)21(23)24)7-16(12)18-10-27-20-19(25)28-17(11-29(18)20)13-6-15(9-26-8-13)33(3,31)32/h4-11,21,30H,1-3H3,(H2,25,28). The first kappa shape index (κ1) is 22.7. The first-order valence-electron chi connectivity index (χ1n) is 9.80. The van der Waals surface area contributed by atoms with Crippen molar-refractivity contribution in [3.63, 3.8) is 0 Å². The Morgan fingerprint density at radius 3 is 2.58 bits per heavy atom. The Bertz CT molecular complexity index is 1480. The van der Waals surface area contributed by atoms with Crippen molar-refractivity contribution in [2.75, 3.05) is 12.0 Å². The van der Waals surface area contributed by atoms with E-state index in [1.807, 2.05) is 0 Å². The zero-order chi connectivity index (χ0) is 24.1. The van der Waals surface area contributed by atoms with E-state index in [0.29, 0.717) is 28.2 Å². The molecule has 0 fully saturated rings. The van der Waals surface area contributed by atoms with E-state index in [1.54, 1.807) is 23.6 Å². The number of imidazole rings is 1. The molecule has 3 heterocycles. The van der Waals surface area contributed by atoms with Crippen LogP contribution in [-0.4, -0.2) is 45.6 Å². The van der Waals surface area contributed by atoms with E-state index in [-0.39, 0.29) is 16.3 Å². The third-order valence-corrected chi connectivity index (χ3v) is 6.56. The van der Waals surface area contributed by atoms with Gasteiger partial charge in [-0.25, -0.2) is 27.2 Å². The van der Waals surface area contributed by atoms with Crippen molar-refractivity contribution in [1.29, 1.82) is 0 Å².